The number of benzene rings is 2. The molecule has 0 bridgehead atoms. The van der Waals surface area contributed by atoms with E-state index in [1.54, 1.807) is 0 Å². The maximum atomic E-state index is 12.7. The smallest absolute Gasteiger partial charge is 0.259 e. The van der Waals surface area contributed by atoms with Crippen molar-refractivity contribution in [3.8, 4) is 5.75 Å². The zero-order chi connectivity index (χ0) is 22.2. The fraction of sp³-hybridized carbons (Fsp3) is 0.519. The zero-order valence-electron chi connectivity index (χ0n) is 19.6. The third kappa shape index (κ3) is 11.0. The number of halogens is 1. The third-order valence-corrected chi connectivity index (χ3v) is 5.53. The van der Waals surface area contributed by atoms with Crippen molar-refractivity contribution >= 4 is 24.0 Å². The quantitative estimate of drug-likeness (QED) is 0.261. The van der Waals surface area contributed by atoms with Crippen LogP contribution in [-0.2, 0) is 6.42 Å². The van der Waals surface area contributed by atoms with Gasteiger partial charge in [0.05, 0.1) is 12.2 Å². The van der Waals surface area contributed by atoms with Crippen LogP contribution in [0.4, 0.5) is 5.69 Å². The Labute approximate surface area is 200 Å². The number of carbonyl (C=O) groups is 1. The molecule has 1 amide bonds. The Morgan fingerprint density at radius 3 is 2.06 bits per heavy atom. The predicted molar refractivity (Wildman–Crippen MR) is 138 cm³/mol. The minimum Gasteiger partial charge on any atom is -0.493 e. The van der Waals surface area contributed by atoms with Gasteiger partial charge in [-0.3, -0.25) is 4.79 Å². The molecule has 4 nitrogen and oxygen atoms in total. The van der Waals surface area contributed by atoms with Gasteiger partial charge in [-0.25, -0.2) is 0 Å². The Hall–Kier alpha value is -2.04. The van der Waals surface area contributed by atoms with Crippen LogP contribution in [0.1, 0.15) is 87.1 Å². The van der Waals surface area contributed by atoms with Crippen molar-refractivity contribution in [2.45, 2.75) is 77.6 Å². The summed E-state index contributed by atoms with van der Waals surface area (Å²) < 4.78 is 5.94. The highest BCUT2D eigenvalue weighted by Gasteiger charge is 2.12. The van der Waals surface area contributed by atoms with Crippen LogP contribution in [0.15, 0.2) is 48.5 Å². The summed E-state index contributed by atoms with van der Waals surface area (Å²) in [5.74, 6) is 0.501. The van der Waals surface area contributed by atoms with E-state index in [9.17, 15) is 4.79 Å². The summed E-state index contributed by atoms with van der Waals surface area (Å²) in [6.07, 6.45) is 13.8. The number of amides is 1. The molecule has 0 radical (unpaired) electrons. The normalized spacial score (nSPS) is 10.4. The molecule has 0 atom stereocenters. The molecule has 0 spiro atoms. The first-order chi connectivity index (χ1) is 15.2. The molecule has 0 saturated carbocycles. The monoisotopic (exact) mass is 460 g/mol. The first-order valence-corrected chi connectivity index (χ1v) is 12.1. The molecule has 0 aromatic heterocycles. The predicted octanol–water partition coefficient (Wildman–Crippen LogP) is 7.16. The second-order valence-corrected chi connectivity index (χ2v) is 8.22. The average molecular weight is 461 g/mol. The lowest BCUT2D eigenvalue weighted by molar-refractivity contribution is 0.102. The topological polar surface area (TPSA) is 64.3 Å². The van der Waals surface area contributed by atoms with Crippen molar-refractivity contribution in [1.82, 2.24) is 0 Å². The van der Waals surface area contributed by atoms with E-state index >= 15 is 0 Å². The van der Waals surface area contributed by atoms with Gasteiger partial charge in [0.1, 0.15) is 5.75 Å². The highest BCUT2D eigenvalue weighted by atomic mass is 35.5. The highest BCUT2D eigenvalue weighted by Crippen LogP contribution is 2.21. The van der Waals surface area contributed by atoms with E-state index in [4.69, 9.17) is 10.5 Å². The molecule has 0 aliphatic rings. The van der Waals surface area contributed by atoms with E-state index in [2.05, 4.69) is 12.2 Å². The minimum absolute atomic E-state index is 0. The van der Waals surface area contributed by atoms with Crippen LogP contribution < -0.4 is 15.8 Å². The van der Waals surface area contributed by atoms with Gasteiger partial charge in [-0.1, -0.05) is 89.0 Å². The zero-order valence-corrected chi connectivity index (χ0v) is 20.4. The first-order valence-electron chi connectivity index (χ1n) is 12.1. The standard InChI is InChI=1S/C27H40N2O2.ClH/c1-2-3-4-5-6-7-8-9-10-13-22-31-26-15-12-11-14-25(26)27(30)29-24-18-16-23(17-19-24)20-21-28;/h11-12,14-19H,2-10,13,20-22,28H2,1H3,(H,29,30);1H. The Morgan fingerprint density at radius 2 is 1.44 bits per heavy atom. The van der Waals surface area contributed by atoms with Crippen LogP contribution in [0.3, 0.4) is 0 Å². The Morgan fingerprint density at radius 1 is 0.844 bits per heavy atom. The van der Waals surface area contributed by atoms with Crippen molar-refractivity contribution < 1.29 is 9.53 Å². The van der Waals surface area contributed by atoms with Gasteiger partial charge in [-0.2, -0.15) is 0 Å². The SMILES string of the molecule is CCCCCCCCCCCCOc1ccccc1C(=O)Nc1ccc(CCN)cc1.Cl. The number of para-hydroxylation sites is 1. The van der Waals surface area contributed by atoms with Crippen molar-refractivity contribution in [3.05, 3.63) is 59.7 Å². The van der Waals surface area contributed by atoms with Crippen molar-refractivity contribution in [1.29, 1.82) is 0 Å². The van der Waals surface area contributed by atoms with E-state index in [0.29, 0.717) is 24.5 Å². The molecule has 32 heavy (non-hydrogen) atoms. The van der Waals surface area contributed by atoms with Gasteiger partial charge in [0.15, 0.2) is 0 Å². The molecule has 3 N–H and O–H groups in total. The number of nitrogens with one attached hydrogen (secondary N) is 1. The molecule has 0 aliphatic heterocycles. The molecule has 0 fully saturated rings. The second-order valence-electron chi connectivity index (χ2n) is 8.22. The minimum atomic E-state index is -0.148. The van der Waals surface area contributed by atoms with Gasteiger partial charge >= 0.3 is 0 Å². The summed E-state index contributed by atoms with van der Waals surface area (Å²) in [6, 6.07) is 15.3. The largest absolute Gasteiger partial charge is 0.493 e. The Balaban J connectivity index is 0.00000512. The number of ether oxygens (including phenoxy) is 1. The van der Waals surface area contributed by atoms with Crippen molar-refractivity contribution in [2.75, 3.05) is 18.5 Å². The van der Waals surface area contributed by atoms with Gasteiger partial charge < -0.3 is 15.8 Å². The third-order valence-electron chi connectivity index (χ3n) is 5.53. The van der Waals surface area contributed by atoms with Crippen molar-refractivity contribution in [3.63, 3.8) is 0 Å². The number of hydrogen-bond acceptors (Lipinski definition) is 3. The van der Waals surface area contributed by atoms with Gasteiger partial charge in [-0.15, -0.1) is 12.4 Å². The summed E-state index contributed by atoms with van der Waals surface area (Å²) >= 11 is 0. The van der Waals surface area contributed by atoms with Crippen LogP contribution in [0, 0.1) is 0 Å². The lowest BCUT2D eigenvalue weighted by Gasteiger charge is -2.12. The maximum absolute atomic E-state index is 12.7. The number of carbonyl (C=O) groups excluding carboxylic acids is 1. The van der Waals surface area contributed by atoms with Gasteiger partial charge in [0, 0.05) is 5.69 Å². The maximum Gasteiger partial charge on any atom is 0.259 e. The van der Waals surface area contributed by atoms with Crippen molar-refractivity contribution in [2.24, 2.45) is 5.73 Å². The molecule has 2 rings (SSSR count). The molecule has 5 heteroatoms. The molecule has 0 aliphatic carbocycles. The van der Waals surface area contributed by atoms with Crippen LogP contribution in [0.5, 0.6) is 5.75 Å². The van der Waals surface area contributed by atoms with Gasteiger partial charge in [-0.05, 0) is 49.2 Å². The Kier molecular flexibility index (Phi) is 15.3. The summed E-state index contributed by atoms with van der Waals surface area (Å²) in [6.45, 7) is 3.53. The molecule has 2 aromatic carbocycles. The second kappa shape index (κ2) is 17.5. The first kappa shape index (κ1) is 28.0. The van der Waals surface area contributed by atoms with E-state index in [-0.39, 0.29) is 18.3 Å². The van der Waals surface area contributed by atoms with Crippen LogP contribution in [-0.4, -0.2) is 19.1 Å². The van der Waals surface area contributed by atoms with Gasteiger partial charge in [0.25, 0.3) is 5.91 Å². The lowest BCUT2D eigenvalue weighted by atomic mass is 10.1. The van der Waals surface area contributed by atoms with Gasteiger partial charge in [0.2, 0.25) is 0 Å². The van der Waals surface area contributed by atoms with Crippen LogP contribution in [0.25, 0.3) is 0 Å². The summed E-state index contributed by atoms with van der Waals surface area (Å²) in [5, 5.41) is 2.96. The average Bonchev–Trinajstić information content (AvgIpc) is 2.79. The Bertz CT molecular complexity index is 750. The van der Waals surface area contributed by atoms with E-state index in [1.807, 2.05) is 48.5 Å². The molecule has 0 saturated heterocycles. The van der Waals surface area contributed by atoms with E-state index in [1.165, 1.54) is 63.4 Å². The number of rotatable bonds is 16. The molecule has 0 heterocycles. The fourth-order valence-electron chi connectivity index (χ4n) is 3.67. The molecular weight excluding hydrogens is 420 g/mol. The molecule has 2 aromatic rings. The number of nitrogens with two attached hydrogens (primary N) is 1. The number of unbranched alkanes of at least 4 members (excludes halogenated alkanes) is 9. The summed E-state index contributed by atoms with van der Waals surface area (Å²) in [5.41, 5.74) is 8.10. The van der Waals surface area contributed by atoms with E-state index in [0.717, 1.165) is 18.5 Å². The molecule has 0 unspecified atom stereocenters. The summed E-state index contributed by atoms with van der Waals surface area (Å²) in [7, 11) is 0. The molecule has 178 valence electrons. The summed E-state index contributed by atoms with van der Waals surface area (Å²) in [4.78, 5) is 12.7. The molecular formula is C27H41ClN2O2. The number of hydrogen-bond donors (Lipinski definition) is 2. The van der Waals surface area contributed by atoms with Crippen LogP contribution >= 0.6 is 12.4 Å². The van der Waals surface area contributed by atoms with E-state index < -0.39 is 0 Å². The fourth-order valence-corrected chi connectivity index (χ4v) is 3.67. The highest BCUT2D eigenvalue weighted by molar-refractivity contribution is 6.06. The lowest BCUT2D eigenvalue weighted by Crippen LogP contribution is -2.14. The number of anilines is 1. The van der Waals surface area contributed by atoms with Crippen LogP contribution in [0.2, 0.25) is 0 Å².